The van der Waals surface area contributed by atoms with Gasteiger partial charge in [0.15, 0.2) is 0 Å². The number of carbonyl (C=O) groups is 2. The van der Waals surface area contributed by atoms with Crippen LogP contribution in [0.3, 0.4) is 0 Å². The average Bonchev–Trinajstić information content (AvgIpc) is 2.76. The summed E-state index contributed by atoms with van der Waals surface area (Å²) in [5.74, 6) is -0.929. The van der Waals surface area contributed by atoms with Crippen molar-refractivity contribution < 1.29 is 19.4 Å². The lowest BCUT2D eigenvalue weighted by atomic mass is 10.2. The molecule has 0 aromatic heterocycles. The smallest absolute Gasteiger partial charge is 0.305 e. The fraction of sp³-hybridized carbons (Fsp3) is 0.818. The van der Waals surface area contributed by atoms with E-state index in [9.17, 15) is 9.59 Å². The standard InChI is InChI=1S/C11H19NO4/c1-2-6-12(7-5-10(13)14)11(15)9-4-3-8-16-9/h9H,2-8H2,1H3,(H,13,14). The summed E-state index contributed by atoms with van der Waals surface area (Å²) < 4.78 is 5.31. The predicted molar refractivity (Wildman–Crippen MR) is 58.1 cm³/mol. The molecule has 1 atom stereocenters. The van der Waals surface area contributed by atoms with Gasteiger partial charge in [0, 0.05) is 19.7 Å². The van der Waals surface area contributed by atoms with Crippen LogP contribution in [0.4, 0.5) is 0 Å². The topological polar surface area (TPSA) is 66.8 Å². The molecule has 1 saturated heterocycles. The zero-order valence-corrected chi connectivity index (χ0v) is 9.65. The molecule has 92 valence electrons. The molecule has 0 saturated carbocycles. The van der Waals surface area contributed by atoms with E-state index in [2.05, 4.69) is 0 Å². The van der Waals surface area contributed by atoms with Crippen LogP contribution in [0, 0.1) is 0 Å². The van der Waals surface area contributed by atoms with Crippen LogP contribution in [0.25, 0.3) is 0 Å². The van der Waals surface area contributed by atoms with Crippen molar-refractivity contribution in [1.29, 1.82) is 0 Å². The fourth-order valence-electron chi connectivity index (χ4n) is 1.81. The van der Waals surface area contributed by atoms with Crippen LogP contribution >= 0.6 is 0 Å². The zero-order chi connectivity index (χ0) is 12.0. The first-order chi connectivity index (χ1) is 7.65. The predicted octanol–water partition coefficient (Wildman–Crippen LogP) is 0.879. The van der Waals surface area contributed by atoms with Gasteiger partial charge in [-0.3, -0.25) is 9.59 Å². The maximum Gasteiger partial charge on any atom is 0.305 e. The molecule has 5 heteroatoms. The Morgan fingerprint density at radius 2 is 2.19 bits per heavy atom. The van der Waals surface area contributed by atoms with Crippen molar-refractivity contribution in [3.63, 3.8) is 0 Å². The van der Waals surface area contributed by atoms with Crippen molar-refractivity contribution in [2.45, 2.75) is 38.7 Å². The second kappa shape index (κ2) is 6.48. The number of ether oxygens (including phenoxy) is 1. The summed E-state index contributed by atoms with van der Waals surface area (Å²) in [5.41, 5.74) is 0. The van der Waals surface area contributed by atoms with Gasteiger partial charge in [-0.2, -0.15) is 0 Å². The molecular weight excluding hydrogens is 210 g/mol. The van der Waals surface area contributed by atoms with Gasteiger partial charge in [-0.1, -0.05) is 6.92 Å². The lowest BCUT2D eigenvalue weighted by Crippen LogP contribution is -2.40. The quantitative estimate of drug-likeness (QED) is 0.734. The number of carboxylic acid groups (broad SMARTS) is 1. The highest BCUT2D eigenvalue weighted by Crippen LogP contribution is 2.15. The number of amides is 1. The highest BCUT2D eigenvalue weighted by molar-refractivity contribution is 5.81. The minimum atomic E-state index is -0.874. The van der Waals surface area contributed by atoms with E-state index in [-0.39, 0.29) is 25.0 Å². The van der Waals surface area contributed by atoms with E-state index in [4.69, 9.17) is 9.84 Å². The molecular formula is C11H19NO4. The van der Waals surface area contributed by atoms with Crippen LogP contribution in [0.15, 0.2) is 0 Å². The molecule has 1 aliphatic rings. The van der Waals surface area contributed by atoms with Crippen LogP contribution < -0.4 is 0 Å². The van der Waals surface area contributed by atoms with Crippen molar-refractivity contribution in [2.24, 2.45) is 0 Å². The van der Waals surface area contributed by atoms with Crippen molar-refractivity contribution in [3.8, 4) is 0 Å². The number of rotatable bonds is 6. The molecule has 0 aliphatic carbocycles. The van der Waals surface area contributed by atoms with Gasteiger partial charge < -0.3 is 14.7 Å². The Balaban J connectivity index is 2.46. The third-order valence-electron chi connectivity index (χ3n) is 2.61. The minimum Gasteiger partial charge on any atom is -0.481 e. The van der Waals surface area contributed by atoms with Crippen LogP contribution in [0.1, 0.15) is 32.6 Å². The number of carbonyl (C=O) groups excluding carboxylic acids is 1. The lowest BCUT2D eigenvalue weighted by molar-refractivity contribution is -0.143. The normalized spacial score (nSPS) is 19.7. The number of hydrogen-bond acceptors (Lipinski definition) is 3. The van der Waals surface area contributed by atoms with Gasteiger partial charge in [0.05, 0.1) is 6.42 Å². The van der Waals surface area contributed by atoms with Crippen LogP contribution in [-0.2, 0) is 14.3 Å². The second-order valence-electron chi connectivity index (χ2n) is 3.97. The van der Waals surface area contributed by atoms with Crippen molar-refractivity contribution in [2.75, 3.05) is 19.7 Å². The van der Waals surface area contributed by atoms with E-state index in [0.29, 0.717) is 13.2 Å². The molecule has 0 bridgehead atoms. The summed E-state index contributed by atoms with van der Waals surface area (Å²) in [6.07, 6.45) is 2.15. The Labute approximate surface area is 95.4 Å². The third-order valence-corrected chi connectivity index (χ3v) is 2.61. The zero-order valence-electron chi connectivity index (χ0n) is 9.65. The molecule has 1 aliphatic heterocycles. The molecule has 5 nitrogen and oxygen atoms in total. The number of carboxylic acids is 1. The number of hydrogen-bond donors (Lipinski definition) is 1. The summed E-state index contributed by atoms with van der Waals surface area (Å²) >= 11 is 0. The summed E-state index contributed by atoms with van der Waals surface area (Å²) in [5, 5.41) is 8.61. The Morgan fingerprint density at radius 1 is 1.44 bits per heavy atom. The molecule has 16 heavy (non-hydrogen) atoms. The van der Waals surface area contributed by atoms with Gasteiger partial charge in [-0.15, -0.1) is 0 Å². The van der Waals surface area contributed by atoms with E-state index in [1.165, 1.54) is 0 Å². The van der Waals surface area contributed by atoms with Crippen molar-refractivity contribution >= 4 is 11.9 Å². The van der Waals surface area contributed by atoms with Gasteiger partial charge in [0.25, 0.3) is 5.91 Å². The van der Waals surface area contributed by atoms with E-state index < -0.39 is 5.97 Å². The average molecular weight is 229 g/mol. The van der Waals surface area contributed by atoms with Gasteiger partial charge in [-0.25, -0.2) is 0 Å². The van der Waals surface area contributed by atoms with E-state index in [1.54, 1.807) is 4.90 Å². The van der Waals surface area contributed by atoms with Crippen molar-refractivity contribution in [1.82, 2.24) is 4.90 Å². The van der Waals surface area contributed by atoms with E-state index >= 15 is 0 Å². The van der Waals surface area contributed by atoms with Gasteiger partial charge in [0.2, 0.25) is 0 Å². The molecule has 1 amide bonds. The Kier molecular flexibility index (Phi) is 5.25. The van der Waals surface area contributed by atoms with Gasteiger partial charge in [0.1, 0.15) is 6.10 Å². The summed E-state index contributed by atoms with van der Waals surface area (Å²) in [4.78, 5) is 24.0. The molecule has 0 aromatic rings. The minimum absolute atomic E-state index is 0.00153. The van der Waals surface area contributed by atoms with Crippen molar-refractivity contribution in [3.05, 3.63) is 0 Å². The SMILES string of the molecule is CCCN(CCC(=O)O)C(=O)C1CCCO1. The molecule has 1 unspecified atom stereocenters. The van der Waals surface area contributed by atoms with E-state index in [1.807, 2.05) is 6.92 Å². The van der Waals surface area contributed by atoms with Crippen LogP contribution in [-0.4, -0.2) is 47.7 Å². The molecule has 0 radical (unpaired) electrons. The largest absolute Gasteiger partial charge is 0.481 e. The lowest BCUT2D eigenvalue weighted by Gasteiger charge is -2.24. The maximum absolute atomic E-state index is 12.0. The molecule has 0 spiro atoms. The molecule has 1 heterocycles. The molecule has 0 aromatic carbocycles. The molecule has 1 N–H and O–H groups in total. The Morgan fingerprint density at radius 3 is 2.69 bits per heavy atom. The first-order valence-electron chi connectivity index (χ1n) is 5.77. The maximum atomic E-state index is 12.0. The summed E-state index contributed by atoms with van der Waals surface area (Å²) in [7, 11) is 0. The highest BCUT2D eigenvalue weighted by Gasteiger charge is 2.27. The molecule has 1 fully saturated rings. The summed E-state index contributed by atoms with van der Waals surface area (Å²) in [6.45, 7) is 3.49. The van der Waals surface area contributed by atoms with Crippen LogP contribution in [0.2, 0.25) is 0 Å². The van der Waals surface area contributed by atoms with Gasteiger partial charge in [-0.05, 0) is 19.3 Å². The Hall–Kier alpha value is -1.10. The summed E-state index contributed by atoms with van der Waals surface area (Å²) in [6, 6.07) is 0. The highest BCUT2D eigenvalue weighted by atomic mass is 16.5. The Bertz CT molecular complexity index is 248. The van der Waals surface area contributed by atoms with E-state index in [0.717, 1.165) is 19.3 Å². The molecule has 1 rings (SSSR count). The second-order valence-corrected chi connectivity index (χ2v) is 3.97. The monoisotopic (exact) mass is 229 g/mol. The van der Waals surface area contributed by atoms with Gasteiger partial charge >= 0.3 is 5.97 Å². The van der Waals surface area contributed by atoms with Crippen LogP contribution in [0.5, 0.6) is 0 Å². The first kappa shape index (κ1) is 13.0. The first-order valence-corrected chi connectivity index (χ1v) is 5.77. The third kappa shape index (κ3) is 3.81. The fourth-order valence-corrected chi connectivity index (χ4v) is 1.81. The number of aliphatic carboxylic acids is 1. The number of nitrogens with zero attached hydrogens (tertiary/aromatic N) is 1.